The molecule has 0 amide bonds. The fourth-order valence-corrected chi connectivity index (χ4v) is 2.80. The maximum absolute atomic E-state index is 5.77. The fraction of sp³-hybridized carbons (Fsp3) is 0. The SMILES string of the molecule is Nc1ccc2[nH+]c3ccc(=[NH2+])cc-3sc2c1. The van der Waals surface area contributed by atoms with E-state index in [1.807, 2.05) is 36.4 Å². The lowest BCUT2D eigenvalue weighted by Crippen LogP contribution is -2.44. The minimum absolute atomic E-state index is 0.778. The average molecular weight is 229 g/mol. The van der Waals surface area contributed by atoms with Gasteiger partial charge in [-0.05, 0) is 12.1 Å². The highest BCUT2D eigenvalue weighted by Gasteiger charge is 2.13. The number of hydrogen-bond acceptors (Lipinski definition) is 2. The molecule has 16 heavy (non-hydrogen) atoms. The minimum atomic E-state index is 0.778. The summed E-state index contributed by atoms with van der Waals surface area (Å²) in [6, 6.07) is 11.7. The van der Waals surface area contributed by atoms with Crippen LogP contribution < -0.4 is 21.5 Å². The number of nitrogen functional groups attached to an aromatic ring is 1. The quantitative estimate of drug-likeness (QED) is 0.415. The van der Waals surface area contributed by atoms with Crippen LogP contribution in [0.5, 0.6) is 0 Å². The van der Waals surface area contributed by atoms with Gasteiger partial charge in [-0.15, -0.1) is 11.3 Å². The summed E-state index contributed by atoms with van der Waals surface area (Å²) < 4.78 is 1.14. The lowest BCUT2D eigenvalue weighted by atomic mass is 10.2. The standard InChI is InChI=1S/C12H9N3S/c13-7-1-3-9-11(5-7)16-12-6-8(14)2-4-10(12)15-9/h1-6,13H,14H2/p+2. The Morgan fingerprint density at radius 2 is 2.00 bits per heavy atom. The molecule has 0 aromatic heterocycles. The number of aromatic nitrogens is 1. The van der Waals surface area contributed by atoms with Crippen LogP contribution in [0.3, 0.4) is 0 Å². The minimum Gasteiger partial charge on any atom is -0.399 e. The monoisotopic (exact) mass is 229 g/mol. The molecular formula is C12H11N3S+2. The molecule has 1 heterocycles. The van der Waals surface area contributed by atoms with Gasteiger partial charge >= 0.3 is 0 Å². The summed E-state index contributed by atoms with van der Waals surface area (Å²) in [5, 5.41) is 6.54. The Morgan fingerprint density at radius 3 is 2.88 bits per heavy atom. The van der Waals surface area contributed by atoms with Crippen molar-refractivity contribution < 1.29 is 10.4 Å². The molecule has 78 valence electrons. The van der Waals surface area contributed by atoms with Crippen LogP contribution in [0.25, 0.3) is 20.8 Å². The maximum atomic E-state index is 5.77. The van der Waals surface area contributed by atoms with Gasteiger partial charge in [0.1, 0.15) is 9.58 Å². The van der Waals surface area contributed by atoms with Crippen LogP contribution in [-0.2, 0) is 0 Å². The fourth-order valence-electron chi connectivity index (χ4n) is 1.72. The normalized spacial score (nSPS) is 11.0. The summed E-state index contributed by atoms with van der Waals surface area (Å²) in [5.41, 5.74) is 8.73. The molecule has 0 radical (unpaired) electrons. The Bertz CT molecular complexity index is 702. The molecule has 3 nitrogen and oxygen atoms in total. The Morgan fingerprint density at radius 1 is 1.12 bits per heavy atom. The van der Waals surface area contributed by atoms with E-state index in [4.69, 9.17) is 11.1 Å². The van der Waals surface area contributed by atoms with E-state index in [2.05, 4.69) is 4.98 Å². The van der Waals surface area contributed by atoms with Gasteiger partial charge in [0.2, 0.25) is 11.2 Å². The zero-order chi connectivity index (χ0) is 11.1. The summed E-state index contributed by atoms with van der Waals surface area (Å²) in [7, 11) is 0. The van der Waals surface area contributed by atoms with Crippen molar-refractivity contribution in [3.8, 4) is 10.6 Å². The molecule has 1 aliphatic carbocycles. The first-order chi connectivity index (χ1) is 7.72. The molecule has 0 atom stereocenters. The second-order valence-corrected chi connectivity index (χ2v) is 4.82. The number of hydrogen-bond donors (Lipinski definition) is 2. The van der Waals surface area contributed by atoms with Gasteiger partial charge in [-0.25, -0.2) is 4.98 Å². The molecule has 2 aliphatic rings. The molecule has 1 aromatic rings. The summed E-state index contributed by atoms with van der Waals surface area (Å²) in [5.74, 6) is 0. The van der Waals surface area contributed by atoms with Crippen LogP contribution in [-0.4, -0.2) is 0 Å². The van der Waals surface area contributed by atoms with Gasteiger partial charge < -0.3 is 5.73 Å². The third-order valence-corrected chi connectivity index (χ3v) is 3.62. The number of rotatable bonds is 0. The molecule has 3 rings (SSSR count). The van der Waals surface area contributed by atoms with Crippen molar-refractivity contribution in [2.24, 2.45) is 0 Å². The highest BCUT2D eigenvalue weighted by atomic mass is 32.1. The summed E-state index contributed by atoms with van der Waals surface area (Å²) >= 11 is 1.69. The number of aromatic amines is 1. The van der Waals surface area contributed by atoms with Gasteiger partial charge in [0.05, 0.1) is 0 Å². The molecule has 0 unspecified atom stereocenters. The molecule has 0 saturated carbocycles. The third kappa shape index (κ3) is 1.44. The van der Waals surface area contributed by atoms with Crippen molar-refractivity contribution in [1.82, 2.24) is 0 Å². The molecular weight excluding hydrogens is 218 g/mol. The molecule has 1 aliphatic heterocycles. The predicted molar refractivity (Wildman–Crippen MR) is 64.5 cm³/mol. The van der Waals surface area contributed by atoms with E-state index in [0.29, 0.717) is 0 Å². The Hall–Kier alpha value is -1.94. The van der Waals surface area contributed by atoms with Crippen LogP contribution in [0.2, 0.25) is 0 Å². The van der Waals surface area contributed by atoms with Crippen LogP contribution >= 0.6 is 11.3 Å². The smallest absolute Gasteiger partial charge is 0.221 e. The second kappa shape index (κ2) is 3.28. The predicted octanol–water partition coefficient (Wildman–Crippen LogP) is 0.0622. The average Bonchev–Trinajstić information content (AvgIpc) is 2.26. The highest BCUT2D eigenvalue weighted by molar-refractivity contribution is 7.21. The van der Waals surface area contributed by atoms with E-state index in [-0.39, 0.29) is 0 Å². The molecule has 0 saturated heterocycles. The molecule has 0 bridgehead atoms. The maximum Gasteiger partial charge on any atom is 0.221 e. The van der Waals surface area contributed by atoms with E-state index >= 15 is 0 Å². The summed E-state index contributed by atoms with van der Waals surface area (Å²) in [6.07, 6.45) is 0. The van der Waals surface area contributed by atoms with Gasteiger partial charge in [-0.2, -0.15) is 0 Å². The Balaban J connectivity index is 2.46. The van der Waals surface area contributed by atoms with Gasteiger partial charge in [0, 0.05) is 30.0 Å². The van der Waals surface area contributed by atoms with Crippen molar-refractivity contribution >= 4 is 27.2 Å². The van der Waals surface area contributed by atoms with Crippen molar-refractivity contribution in [1.29, 1.82) is 0 Å². The van der Waals surface area contributed by atoms with Crippen LogP contribution in [0.4, 0.5) is 5.69 Å². The summed E-state index contributed by atoms with van der Waals surface area (Å²) in [4.78, 5) is 4.50. The number of H-pyrrole nitrogens is 1. The number of benzene rings is 2. The summed E-state index contributed by atoms with van der Waals surface area (Å²) in [6.45, 7) is 0. The van der Waals surface area contributed by atoms with Gasteiger partial charge in [-0.1, -0.05) is 0 Å². The van der Waals surface area contributed by atoms with Gasteiger partial charge in [0.25, 0.3) is 0 Å². The van der Waals surface area contributed by atoms with Crippen molar-refractivity contribution in [3.63, 3.8) is 0 Å². The first-order valence-electron chi connectivity index (χ1n) is 4.96. The zero-order valence-electron chi connectivity index (χ0n) is 8.53. The van der Waals surface area contributed by atoms with Crippen LogP contribution in [0.15, 0.2) is 36.4 Å². The first-order valence-corrected chi connectivity index (χ1v) is 5.78. The molecule has 4 heteroatoms. The van der Waals surface area contributed by atoms with E-state index in [1.165, 1.54) is 0 Å². The number of fused-ring (bicyclic) bond motifs is 2. The van der Waals surface area contributed by atoms with Gasteiger partial charge in [-0.3, -0.25) is 5.41 Å². The lowest BCUT2D eigenvalue weighted by molar-refractivity contribution is -0.330. The third-order valence-electron chi connectivity index (χ3n) is 2.50. The second-order valence-electron chi connectivity index (χ2n) is 3.74. The van der Waals surface area contributed by atoms with Crippen molar-refractivity contribution in [3.05, 3.63) is 41.8 Å². The highest BCUT2D eigenvalue weighted by Crippen LogP contribution is 2.27. The molecule has 1 aromatic carbocycles. The lowest BCUT2D eigenvalue weighted by Gasteiger charge is -1.99. The molecule has 0 fully saturated rings. The van der Waals surface area contributed by atoms with Crippen molar-refractivity contribution in [2.45, 2.75) is 0 Å². The van der Waals surface area contributed by atoms with E-state index < -0.39 is 0 Å². The molecule has 5 N–H and O–H groups in total. The Kier molecular flexibility index (Phi) is 1.91. The largest absolute Gasteiger partial charge is 0.399 e. The van der Waals surface area contributed by atoms with E-state index in [9.17, 15) is 0 Å². The van der Waals surface area contributed by atoms with Gasteiger partial charge in [0.15, 0.2) is 5.36 Å². The zero-order valence-corrected chi connectivity index (χ0v) is 9.34. The van der Waals surface area contributed by atoms with Crippen LogP contribution in [0.1, 0.15) is 0 Å². The number of anilines is 1. The number of nitrogens with two attached hydrogens (primary N) is 2. The first kappa shape index (κ1) is 9.30. The van der Waals surface area contributed by atoms with Crippen LogP contribution in [0, 0.1) is 0 Å². The van der Waals surface area contributed by atoms with E-state index in [1.54, 1.807) is 11.3 Å². The molecule has 0 spiro atoms. The topological polar surface area (TPSA) is 65.8 Å². The van der Waals surface area contributed by atoms with Crippen molar-refractivity contribution in [2.75, 3.05) is 5.73 Å². The van der Waals surface area contributed by atoms with E-state index in [0.717, 1.165) is 31.8 Å². The Labute approximate surface area is 96.0 Å². The number of nitrogens with one attached hydrogen (secondary N) is 1.